The molecule has 0 amide bonds. The zero-order valence-corrected chi connectivity index (χ0v) is 8.65. The Morgan fingerprint density at radius 1 is 1.00 bits per heavy atom. The third kappa shape index (κ3) is 1.86. The quantitative estimate of drug-likeness (QED) is 0.472. The first-order valence-corrected chi connectivity index (χ1v) is 6.16. The maximum atomic E-state index is 2.33. The number of rotatable bonds is 2. The van der Waals surface area contributed by atoms with E-state index in [9.17, 15) is 0 Å². The molecule has 1 aliphatic rings. The molecule has 2 rings (SSSR count). The van der Waals surface area contributed by atoms with E-state index in [0.717, 1.165) is 5.54 Å². The van der Waals surface area contributed by atoms with Gasteiger partial charge in [0.2, 0.25) is 0 Å². The zero-order valence-electron chi connectivity index (χ0n) is 7.24. The van der Waals surface area contributed by atoms with E-state index < -0.39 is 0 Å². The average Bonchev–Trinajstić information content (AvgIpc) is 2.59. The third-order valence-corrected chi connectivity index (χ3v) is 4.66. The zero-order chi connectivity index (χ0) is 8.23. The smallest absolute Gasteiger partial charge is 0.0584 e. The van der Waals surface area contributed by atoms with Gasteiger partial charge in [-0.3, -0.25) is 0 Å². The summed E-state index contributed by atoms with van der Waals surface area (Å²) in [6, 6.07) is 11.0. The minimum Gasteiger partial charge on any atom is -0.0885 e. The van der Waals surface area contributed by atoms with E-state index in [1.54, 1.807) is 5.19 Å². The Labute approximate surface area is 76.1 Å². The summed E-state index contributed by atoms with van der Waals surface area (Å²) >= 11 is 0. The summed E-state index contributed by atoms with van der Waals surface area (Å²) < 4.78 is 0. The maximum absolute atomic E-state index is 2.33. The normalized spacial score (nSPS) is 18.0. The summed E-state index contributed by atoms with van der Waals surface area (Å²) in [5.74, 6) is 0. The van der Waals surface area contributed by atoms with Gasteiger partial charge >= 0.3 is 0 Å². The van der Waals surface area contributed by atoms with E-state index in [2.05, 4.69) is 42.5 Å². The van der Waals surface area contributed by atoms with Crippen molar-refractivity contribution in [2.24, 2.45) is 0 Å². The molecule has 0 unspecified atom stereocenters. The lowest BCUT2D eigenvalue weighted by Gasteiger charge is -2.06. The SMILES string of the molecule is C1=CCC([SiH2]c2ccccc2)C1. The standard InChI is InChI=1S/C11H14Si/c1-2-6-10(7-3-1)12-11-8-4-5-9-11/h1-7,11H,8-9,12H2. The van der Waals surface area contributed by atoms with E-state index in [4.69, 9.17) is 0 Å². The van der Waals surface area contributed by atoms with Gasteiger partial charge in [-0.2, -0.15) is 0 Å². The van der Waals surface area contributed by atoms with E-state index in [1.807, 2.05) is 0 Å². The maximum Gasteiger partial charge on any atom is 0.0584 e. The van der Waals surface area contributed by atoms with Gasteiger partial charge in [0.15, 0.2) is 0 Å². The van der Waals surface area contributed by atoms with Crippen molar-refractivity contribution in [2.75, 3.05) is 0 Å². The van der Waals surface area contributed by atoms with Crippen LogP contribution >= 0.6 is 0 Å². The van der Waals surface area contributed by atoms with E-state index in [1.165, 1.54) is 12.8 Å². The lowest BCUT2D eigenvalue weighted by Crippen LogP contribution is -2.17. The highest BCUT2D eigenvalue weighted by molar-refractivity contribution is 6.55. The van der Waals surface area contributed by atoms with Gasteiger partial charge in [0.1, 0.15) is 0 Å². The fourth-order valence-electron chi connectivity index (χ4n) is 1.79. The molecule has 0 spiro atoms. The molecule has 0 N–H and O–H groups in total. The Kier molecular flexibility index (Phi) is 2.42. The fraction of sp³-hybridized carbons (Fsp3) is 0.273. The van der Waals surface area contributed by atoms with Crippen molar-refractivity contribution >= 4 is 14.7 Å². The second kappa shape index (κ2) is 3.72. The van der Waals surface area contributed by atoms with Gasteiger partial charge < -0.3 is 0 Å². The molecule has 0 aromatic heterocycles. The van der Waals surface area contributed by atoms with Crippen LogP contribution in [0.4, 0.5) is 0 Å². The summed E-state index contributed by atoms with van der Waals surface area (Å²) in [5, 5.41) is 1.62. The Hall–Kier alpha value is -0.823. The average molecular weight is 174 g/mol. The van der Waals surface area contributed by atoms with E-state index >= 15 is 0 Å². The summed E-state index contributed by atoms with van der Waals surface area (Å²) in [7, 11) is 0.00253. The lowest BCUT2D eigenvalue weighted by molar-refractivity contribution is 0.914. The van der Waals surface area contributed by atoms with Gasteiger partial charge in [-0.05, 0) is 18.4 Å². The molecule has 12 heavy (non-hydrogen) atoms. The molecule has 0 nitrogen and oxygen atoms in total. The van der Waals surface area contributed by atoms with Gasteiger partial charge in [-0.15, -0.1) is 0 Å². The molecule has 0 heterocycles. The largest absolute Gasteiger partial charge is 0.0885 e. The summed E-state index contributed by atoms with van der Waals surface area (Å²) in [6.07, 6.45) is 7.34. The molecular weight excluding hydrogens is 160 g/mol. The van der Waals surface area contributed by atoms with Crippen LogP contribution in [0.1, 0.15) is 12.8 Å². The van der Waals surface area contributed by atoms with Crippen molar-refractivity contribution in [3.05, 3.63) is 42.5 Å². The molecule has 62 valence electrons. The Morgan fingerprint density at radius 3 is 2.33 bits per heavy atom. The molecule has 1 heteroatoms. The first-order chi connectivity index (χ1) is 5.95. The molecule has 0 radical (unpaired) electrons. The van der Waals surface area contributed by atoms with Crippen LogP contribution < -0.4 is 5.19 Å². The molecule has 1 aromatic carbocycles. The van der Waals surface area contributed by atoms with Gasteiger partial charge in [0.25, 0.3) is 0 Å². The second-order valence-electron chi connectivity index (χ2n) is 3.50. The van der Waals surface area contributed by atoms with Gasteiger partial charge in [0.05, 0.1) is 9.52 Å². The van der Waals surface area contributed by atoms with Crippen molar-refractivity contribution in [3.8, 4) is 0 Å². The molecule has 0 fully saturated rings. The van der Waals surface area contributed by atoms with Crippen LogP contribution in [-0.2, 0) is 0 Å². The highest BCUT2D eigenvalue weighted by Gasteiger charge is 2.10. The predicted molar refractivity (Wildman–Crippen MR) is 56.7 cm³/mol. The van der Waals surface area contributed by atoms with Gasteiger partial charge in [-0.1, -0.05) is 47.7 Å². The van der Waals surface area contributed by atoms with Crippen LogP contribution in [0.2, 0.25) is 5.54 Å². The predicted octanol–water partition coefficient (Wildman–Crippen LogP) is 1.62. The van der Waals surface area contributed by atoms with Crippen molar-refractivity contribution in [1.29, 1.82) is 0 Å². The van der Waals surface area contributed by atoms with Crippen molar-refractivity contribution in [3.63, 3.8) is 0 Å². The van der Waals surface area contributed by atoms with Crippen LogP contribution in [0.5, 0.6) is 0 Å². The first kappa shape index (κ1) is 7.81. The Balaban J connectivity index is 1.95. The number of benzene rings is 1. The monoisotopic (exact) mass is 174 g/mol. The first-order valence-electron chi connectivity index (χ1n) is 4.64. The number of hydrogen-bond donors (Lipinski definition) is 0. The van der Waals surface area contributed by atoms with Crippen molar-refractivity contribution < 1.29 is 0 Å². The fourth-order valence-corrected chi connectivity index (χ4v) is 3.72. The van der Waals surface area contributed by atoms with Gasteiger partial charge in [-0.25, -0.2) is 0 Å². The van der Waals surface area contributed by atoms with Gasteiger partial charge in [0, 0.05) is 0 Å². The van der Waals surface area contributed by atoms with Crippen LogP contribution in [0.15, 0.2) is 42.5 Å². The Bertz CT molecular complexity index is 256. The van der Waals surface area contributed by atoms with Crippen LogP contribution in [0.25, 0.3) is 0 Å². The van der Waals surface area contributed by atoms with E-state index in [0.29, 0.717) is 0 Å². The molecule has 0 aliphatic heterocycles. The minimum atomic E-state index is 0.00253. The van der Waals surface area contributed by atoms with Crippen LogP contribution in [0.3, 0.4) is 0 Å². The van der Waals surface area contributed by atoms with Crippen molar-refractivity contribution in [2.45, 2.75) is 18.4 Å². The summed E-state index contributed by atoms with van der Waals surface area (Å²) in [4.78, 5) is 0. The third-order valence-electron chi connectivity index (χ3n) is 2.47. The minimum absolute atomic E-state index is 0.00253. The van der Waals surface area contributed by atoms with Crippen LogP contribution in [-0.4, -0.2) is 9.52 Å². The number of hydrogen-bond acceptors (Lipinski definition) is 0. The van der Waals surface area contributed by atoms with Crippen molar-refractivity contribution in [1.82, 2.24) is 0 Å². The summed E-state index contributed by atoms with van der Waals surface area (Å²) in [5.41, 5.74) is 1.01. The molecule has 0 bridgehead atoms. The van der Waals surface area contributed by atoms with Crippen LogP contribution in [0, 0.1) is 0 Å². The molecule has 1 aliphatic carbocycles. The topological polar surface area (TPSA) is 0 Å². The van der Waals surface area contributed by atoms with E-state index in [-0.39, 0.29) is 9.52 Å². The summed E-state index contributed by atoms with van der Waals surface area (Å²) in [6.45, 7) is 0. The molecule has 0 saturated carbocycles. The molecular formula is C11H14Si. The highest BCUT2D eigenvalue weighted by Crippen LogP contribution is 2.21. The second-order valence-corrected chi connectivity index (χ2v) is 5.88. The molecule has 0 atom stereocenters. The molecule has 1 aromatic rings. The number of allylic oxidation sites excluding steroid dienone is 2. The lowest BCUT2D eigenvalue weighted by atomic mass is 10.3. The highest BCUT2D eigenvalue weighted by atomic mass is 28.2. The Morgan fingerprint density at radius 2 is 1.67 bits per heavy atom. The molecule has 0 saturated heterocycles.